The molecule has 3 aromatic rings. The van der Waals surface area contributed by atoms with Gasteiger partial charge >= 0.3 is 0 Å². The van der Waals surface area contributed by atoms with Gasteiger partial charge in [0.2, 0.25) is 5.43 Å². The molecule has 150 valence electrons. The fraction of sp³-hybridized carbons (Fsp3) is 0.318. The molecule has 7 heteroatoms. The highest BCUT2D eigenvalue weighted by atomic mass is 16.6. The first kappa shape index (κ1) is 19.0. The molecule has 0 spiro atoms. The molecule has 0 saturated heterocycles. The Labute approximate surface area is 168 Å². The van der Waals surface area contributed by atoms with Crippen LogP contribution in [0.5, 0.6) is 11.5 Å². The van der Waals surface area contributed by atoms with Crippen molar-refractivity contribution in [1.29, 1.82) is 0 Å². The molecular formula is C22H23N3O4. The van der Waals surface area contributed by atoms with Gasteiger partial charge in [0, 0.05) is 18.4 Å². The Bertz CT molecular complexity index is 1150. The molecule has 1 N–H and O–H groups in total. The zero-order valence-corrected chi connectivity index (χ0v) is 16.7. The summed E-state index contributed by atoms with van der Waals surface area (Å²) in [6, 6.07) is 8.78. The summed E-state index contributed by atoms with van der Waals surface area (Å²) in [6.07, 6.45) is 1.59. The second-order valence-corrected chi connectivity index (χ2v) is 7.08. The minimum Gasteiger partial charge on any atom is -0.486 e. The first-order chi connectivity index (χ1) is 14.0. The molecule has 1 unspecified atom stereocenters. The summed E-state index contributed by atoms with van der Waals surface area (Å²) >= 11 is 0. The lowest BCUT2D eigenvalue weighted by Crippen LogP contribution is -2.32. The third-order valence-corrected chi connectivity index (χ3v) is 5.06. The molecule has 1 aromatic carbocycles. The Kier molecular flexibility index (Phi) is 4.96. The van der Waals surface area contributed by atoms with Crippen molar-refractivity contribution in [3.05, 3.63) is 63.6 Å². The Morgan fingerprint density at radius 2 is 1.97 bits per heavy atom. The largest absolute Gasteiger partial charge is 0.486 e. The van der Waals surface area contributed by atoms with Gasteiger partial charge in [0.05, 0.1) is 11.4 Å². The summed E-state index contributed by atoms with van der Waals surface area (Å²) < 4.78 is 13.0. The van der Waals surface area contributed by atoms with Crippen molar-refractivity contribution >= 4 is 16.9 Å². The normalized spacial score (nSPS) is 13.9. The molecule has 0 saturated carbocycles. The van der Waals surface area contributed by atoms with Gasteiger partial charge in [-0.05, 0) is 50.6 Å². The van der Waals surface area contributed by atoms with Crippen LogP contribution in [0.4, 0.5) is 0 Å². The highest BCUT2D eigenvalue weighted by molar-refractivity contribution is 5.97. The van der Waals surface area contributed by atoms with Crippen LogP contribution in [0.3, 0.4) is 0 Å². The van der Waals surface area contributed by atoms with E-state index in [2.05, 4.69) is 10.3 Å². The van der Waals surface area contributed by atoms with Crippen LogP contribution >= 0.6 is 0 Å². The van der Waals surface area contributed by atoms with Crippen molar-refractivity contribution in [2.45, 2.75) is 33.4 Å². The number of nitrogens with zero attached hydrogens (tertiary/aromatic N) is 2. The molecule has 0 radical (unpaired) electrons. The van der Waals surface area contributed by atoms with Crippen molar-refractivity contribution in [3.8, 4) is 11.5 Å². The molecule has 4 rings (SSSR count). The van der Waals surface area contributed by atoms with Crippen LogP contribution in [0.2, 0.25) is 0 Å². The number of benzene rings is 1. The van der Waals surface area contributed by atoms with Gasteiger partial charge in [-0.2, -0.15) is 0 Å². The number of aromatic nitrogens is 2. The van der Waals surface area contributed by atoms with E-state index in [-0.39, 0.29) is 17.0 Å². The minimum atomic E-state index is -0.415. The van der Waals surface area contributed by atoms with Crippen molar-refractivity contribution < 1.29 is 14.3 Å². The monoisotopic (exact) mass is 393 g/mol. The third-order valence-electron chi connectivity index (χ3n) is 5.06. The number of nitrogens with one attached hydrogen (secondary N) is 1. The third kappa shape index (κ3) is 3.55. The van der Waals surface area contributed by atoms with Gasteiger partial charge in [0.15, 0.2) is 11.5 Å². The number of fused-ring (bicyclic) bond motifs is 2. The number of aryl methyl sites for hydroxylation is 2. The van der Waals surface area contributed by atoms with Crippen LogP contribution in [-0.2, 0) is 6.54 Å². The topological polar surface area (TPSA) is 82.5 Å². The average molecular weight is 393 g/mol. The smallest absolute Gasteiger partial charge is 0.257 e. The van der Waals surface area contributed by atoms with E-state index in [1.807, 2.05) is 43.5 Å². The van der Waals surface area contributed by atoms with Gasteiger partial charge in [0.1, 0.15) is 24.4 Å². The van der Waals surface area contributed by atoms with Crippen LogP contribution in [0.1, 0.15) is 41.5 Å². The maximum atomic E-state index is 12.9. The molecule has 7 nitrogen and oxygen atoms in total. The molecule has 3 heterocycles. The zero-order valence-electron chi connectivity index (χ0n) is 16.7. The van der Waals surface area contributed by atoms with E-state index in [0.717, 1.165) is 11.3 Å². The summed E-state index contributed by atoms with van der Waals surface area (Å²) in [5, 5.41) is 3.36. The highest BCUT2D eigenvalue weighted by Crippen LogP contribution is 2.32. The summed E-state index contributed by atoms with van der Waals surface area (Å²) in [4.78, 5) is 30.3. The first-order valence-corrected chi connectivity index (χ1v) is 9.69. The number of pyridine rings is 2. The number of carbonyl (C=O) groups excluding carboxylic acids is 1. The zero-order chi connectivity index (χ0) is 20.5. The van der Waals surface area contributed by atoms with E-state index in [4.69, 9.17) is 9.47 Å². The molecule has 1 amide bonds. The van der Waals surface area contributed by atoms with E-state index >= 15 is 0 Å². The summed E-state index contributed by atoms with van der Waals surface area (Å²) in [5.41, 5.74) is 2.08. The Hall–Kier alpha value is -3.35. The number of ether oxygens (including phenoxy) is 2. The molecule has 1 atom stereocenters. The van der Waals surface area contributed by atoms with Crippen molar-refractivity contribution in [1.82, 2.24) is 14.9 Å². The summed E-state index contributed by atoms with van der Waals surface area (Å²) in [7, 11) is 0. The van der Waals surface area contributed by atoms with Crippen LogP contribution in [0.15, 0.2) is 41.3 Å². The number of hydrogen-bond donors (Lipinski definition) is 1. The van der Waals surface area contributed by atoms with E-state index in [1.54, 1.807) is 18.3 Å². The van der Waals surface area contributed by atoms with Gasteiger partial charge in [-0.25, -0.2) is 4.98 Å². The van der Waals surface area contributed by atoms with Crippen LogP contribution in [0, 0.1) is 6.92 Å². The molecule has 0 aliphatic carbocycles. The predicted octanol–water partition coefficient (Wildman–Crippen LogP) is 2.99. The lowest BCUT2D eigenvalue weighted by molar-refractivity contribution is 0.0938. The maximum absolute atomic E-state index is 12.9. The second-order valence-electron chi connectivity index (χ2n) is 7.08. The molecule has 2 aromatic heterocycles. The average Bonchev–Trinajstić information content (AvgIpc) is 2.73. The van der Waals surface area contributed by atoms with Crippen LogP contribution in [-0.4, -0.2) is 28.7 Å². The lowest BCUT2D eigenvalue weighted by Gasteiger charge is -2.21. The van der Waals surface area contributed by atoms with Crippen LogP contribution < -0.4 is 20.2 Å². The second kappa shape index (κ2) is 7.58. The Morgan fingerprint density at radius 3 is 2.72 bits per heavy atom. The van der Waals surface area contributed by atoms with E-state index in [0.29, 0.717) is 42.3 Å². The SMILES string of the molecule is CCn1cc(C(=O)NC(C)c2ccc3c(c2)OCCO3)c(=O)c2ccc(C)nc21. The molecule has 1 aliphatic rings. The predicted molar refractivity (Wildman–Crippen MR) is 110 cm³/mol. The Balaban J connectivity index is 1.64. The summed E-state index contributed by atoms with van der Waals surface area (Å²) in [5.74, 6) is 0.944. The number of rotatable bonds is 4. The molecule has 1 aliphatic heterocycles. The fourth-order valence-electron chi connectivity index (χ4n) is 3.45. The van der Waals surface area contributed by atoms with Gasteiger partial charge in [-0.1, -0.05) is 6.07 Å². The van der Waals surface area contributed by atoms with Gasteiger partial charge in [0.25, 0.3) is 5.91 Å². The fourth-order valence-corrected chi connectivity index (χ4v) is 3.45. The van der Waals surface area contributed by atoms with Crippen molar-refractivity contribution in [3.63, 3.8) is 0 Å². The number of carbonyl (C=O) groups is 1. The highest BCUT2D eigenvalue weighted by Gasteiger charge is 2.20. The quantitative estimate of drug-likeness (QED) is 0.737. The van der Waals surface area contributed by atoms with Crippen LogP contribution in [0.25, 0.3) is 11.0 Å². The minimum absolute atomic E-state index is 0.106. The van der Waals surface area contributed by atoms with E-state index in [1.165, 1.54) is 0 Å². The van der Waals surface area contributed by atoms with Gasteiger partial charge in [-0.15, -0.1) is 0 Å². The van der Waals surface area contributed by atoms with Gasteiger partial charge < -0.3 is 19.4 Å². The van der Waals surface area contributed by atoms with E-state index < -0.39 is 5.91 Å². The number of hydrogen-bond acceptors (Lipinski definition) is 5. The summed E-state index contributed by atoms with van der Waals surface area (Å²) in [6.45, 7) is 7.32. The molecular weight excluding hydrogens is 370 g/mol. The maximum Gasteiger partial charge on any atom is 0.257 e. The van der Waals surface area contributed by atoms with E-state index in [9.17, 15) is 9.59 Å². The standard InChI is InChI=1S/C22H23N3O4/c1-4-25-12-17(20(26)16-7-5-13(2)23-21(16)25)22(27)24-14(3)15-6-8-18-19(11-15)29-10-9-28-18/h5-8,11-12,14H,4,9-10H2,1-3H3,(H,24,27). The molecule has 0 bridgehead atoms. The van der Waals surface area contributed by atoms with Crippen molar-refractivity contribution in [2.24, 2.45) is 0 Å². The Morgan fingerprint density at radius 1 is 1.21 bits per heavy atom. The van der Waals surface area contributed by atoms with Gasteiger partial charge in [-0.3, -0.25) is 9.59 Å². The molecule has 0 fully saturated rings. The molecule has 29 heavy (non-hydrogen) atoms. The first-order valence-electron chi connectivity index (χ1n) is 9.69. The van der Waals surface area contributed by atoms with Crippen molar-refractivity contribution in [2.75, 3.05) is 13.2 Å². The number of amides is 1. The lowest BCUT2D eigenvalue weighted by atomic mass is 10.1.